The van der Waals surface area contributed by atoms with Gasteiger partial charge in [0.25, 0.3) is 0 Å². The summed E-state index contributed by atoms with van der Waals surface area (Å²) in [4.78, 5) is 0. The lowest BCUT2D eigenvalue weighted by Crippen LogP contribution is -2.52. The van der Waals surface area contributed by atoms with E-state index in [0.29, 0.717) is 16.7 Å². The van der Waals surface area contributed by atoms with Crippen LogP contribution in [0.4, 0.5) is 0 Å². The Hall–Kier alpha value is -0.480. The van der Waals surface area contributed by atoms with Crippen LogP contribution in [0.25, 0.3) is 0 Å². The largest absolute Gasteiger partial charge is 0.412 e. The Bertz CT molecular complexity index is 463. The second-order valence-electron chi connectivity index (χ2n) is 9.24. The van der Waals surface area contributed by atoms with Gasteiger partial charge in [0, 0.05) is 5.92 Å². The summed E-state index contributed by atoms with van der Waals surface area (Å²) in [5.74, 6) is 7.74. The lowest BCUT2D eigenvalue weighted by molar-refractivity contribution is -0.107. The van der Waals surface area contributed by atoms with Crippen LogP contribution in [0.1, 0.15) is 78.1 Å². The van der Waals surface area contributed by atoms with Crippen molar-refractivity contribution in [1.29, 1.82) is 0 Å². The SMILES string of the molecule is C#C[C@@H]1CC[C@H]2[C@@H]3CCC4CCCC[C@]4(C)[C@H]3CC[C@]12C.O. The summed E-state index contributed by atoms with van der Waals surface area (Å²) in [6.07, 6.45) is 20.6. The summed E-state index contributed by atoms with van der Waals surface area (Å²) in [5.41, 5.74) is 1.16. The second-order valence-corrected chi connectivity index (χ2v) is 9.24. The lowest BCUT2D eigenvalue weighted by Gasteiger charge is -2.60. The van der Waals surface area contributed by atoms with Crippen molar-refractivity contribution in [2.24, 2.45) is 40.4 Å². The topological polar surface area (TPSA) is 31.5 Å². The van der Waals surface area contributed by atoms with Crippen molar-refractivity contribution in [3.63, 3.8) is 0 Å². The zero-order valence-electron chi connectivity index (χ0n) is 14.5. The van der Waals surface area contributed by atoms with E-state index in [4.69, 9.17) is 6.42 Å². The van der Waals surface area contributed by atoms with E-state index < -0.39 is 0 Å². The summed E-state index contributed by atoms with van der Waals surface area (Å²) >= 11 is 0. The first-order chi connectivity index (χ1) is 10.1. The molecule has 4 rings (SSSR count). The van der Waals surface area contributed by atoms with Crippen molar-refractivity contribution in [3.05, 3.63) is 0 Å². The van der Waals surface area contributed by atoms with Crippen LogP contribution in [0.5, 0.6) is 0 Å². The summed E-state index contributed by atoms with van der Waals surface area (Å²) in [6.45, 7) is 5.21. The highest BCUT2D eigenvalue weighted by molar-refractivity contribution is 5.14. The lowest BCUT2D eigenvalue weighted by atomic mass is 9.45. The molecule has 1 heteroatoms. The summed E-state index contributed by atoms with van der Waals surface area (Å²) in [7, 11) is 0. The molecule has 1 nitrogen and oxygen atoms in total. The van der Waals surface area contributed by atoms with Crippen LogP contribution in [-0.2, 0) is 0 Å². The second kappa shape index (κ2) is 5.55. The van der Waals surface area contributed by atoms with Crippen LogP contribution < -0.4 is 0 Å². The summed E-state index contributed by atoms with van der Waals surface area (Å²) < 4.78 is 0. The first kappa shape index (κ1) is 16.4. The van der Waals surface area contributed by atoms with Crippen LogP contribution in [0.3, 0.4) is 0 Å². The van der Waals surface area contributed by atoms with Crippen molar-refractivity contribution in [1.82, 2.24) is 0 Å². The third-order valence-electron chi connectivity index (χ3n) is 8.78. The number of rotatable bonds is 0. The predicted octanol–water partition coefficient (Wildman–Crippen LogP) is 4.84. The molecule has 4 aliphatic rings. The molecule has 1 unspecified atom stereocenters. The molecule has 0 saturated heterocycles. The smallest absolute Gasteiger partial charge is 0.0256 e. The third kappa shape index (κ3) is 2.02. The van der Waals surface area contributed by atoms with Crippen LogP contribution >= 0.6 is 0 Å². The molecule has 0 aromatic heterocycles. The van der Waals surface area contributed by atoms with Crippen molar-refractivity contribution >= 4 is 0 Å². The third-order valence-corrected chi connectivity index (χ3v) is 8.78. The molecule has 0 heterocycles. The summed E-state index contributed by atoms with van der Waals surface area (Å²) in [6, 6.07) is 0. The molecule has 2 N–H and O–H groups in total. The predicted molar refractivity (Wildman–Crippen MR) is 92.3 cm³/mol. The van der Waals surface area contributed by atoms with Crippen LogP contribution in [0.2, 0.25) is 0 Å². The monoisotopic (exact) mass is 302 g/mol. The number of hydrogen-bond acceptors (Lipinski definition) is 0. The number of terminal acetylenes is 1. The molecule has 0 aromatic carbocycles. The highest BCUT2D eigenvalue weighted by atomic mass is 16.0. The minimum absolute atomic E-state index is 0. The van der Waals surface area contributed by atoms with E-state index in [2.05, 4.69) is 19.8 Å². The Morgan fingerprint density at radius 3 is 2.36 bits per heavy atom. The zero-order chi connectivity index (χ0) is 14.7. The van der Waals surface area contributed by atoms with E-state index >= 15 is 0 Å². The van der Waals surface area contributed by atoms with Crippen LogP contribution in [0, 0.1) is 52.8 Å². The van der Waals surface area contributed by atoms with Gasteiger partial charge in [-0.15, -0.1) is 12.3 Å². The Morgan fingerprint density at radius 2 is 1.59 bits per heavy atom. The fourth-order valence-electron chi connectivity index (χ4n) is 7.57. The van der Waals surface area contributed by atoms with E-state index in [0.717, 1.165) is 23.7 Å². The van der Waals surface area contributed by atoms with E-state index in [-0.39, 0.29) is 5.48 Å². The highest BCUT2D eigenvalue weighted by Crippen LogP contribution is 2.67. The van der Waals surface area contributed by atoms with Crippen LogP contribution in [0.15, 0.2) is 0 Å². The molecule has 7 atom stereocenters. The Morgan fingerprint density at radius 1 is 0.818 bits per heavy atom. The quantitative estimate of drug-likeness (QED) is 0.573. The first-order valence-corrected chi connectivity index (χ1v) is 9.56. The molecule has 0 aromatic rings. The Labute approximate surface area is 136 Å². The van der Waals surface area contributed by atoms with Gasteiger partial charge in [-0.3, -0.25) is 0 Å². The normalized spacial score (nSPS) is 53.4. The maximum Gasteiger partial charge on any atom is 0.0256 e. The van der Waals surface area contributed by atoms with E-state index in [9.17, 15) is 0 Å². The van der Waals surface area contributed by atoms with Gasteiger partial charge in [0.05, 0.1) is 0 Å². The highest BCUT2D eigenvalue weighted by Gasteiger charge is 2.59. The molecule has 0 aliphatic heterocycles. The van der Waals surface area contributed by atoms with Crippen LogP contribution in [-0.4, -0.2) is 5.48 Å². The van der Waals surface area contributed by atoms with Gasteiger partial charge < -0.3 is 5.48 Å². The molecule has 0 bridgehead atoms. The van der Waals surface area contributed by atoms with E-state index in [1.807, 2.05) is 0 Å². The molecule has 4 fully saturated rings. The van der Waals surface area contributed by atoms with Gasteiger partial charge in [0.15, 0.2) is 0 Å². The molecule has 4 saturated carbocycles. The Kier molecular flexibility index (Phi) is 4.14. The molecule has 22 heavy (non-hydrogen) atoms. The molecular weight excluding hydrogens is 268 g/mol. The molecule has 124 valence electrons. The van der Waals surface area contributed by atoms with Crippen molar-refractivity contribution in [2.75, 3.05) is 0 Å². The fourth-order valence-corrected chi connectivity index (χ4v) is 7.57. The Balaban J connectivity index is 0.00000144. The van der Waals surface area contributed by atoms with Gasteiger partial charge in [-0.25, -0.2) is 0 Å². The molecule has 4 aliphatic carbocycles. The molecular formula is C21H34O. The van der Waals surface area contributed by atoms with Crippen molar-refractivity contribution in [3.8, 4) is 12.3 Å². The molecule has 0 amide bonds. The minimum atomic E-state index is 0. The maximum atomic E-state index is 5.88. The number of fused-ring (bicyclic) bond motifs is 5. The number of hydrogen-bond donors (Lipinski definition) is 0. The van der Waals surface area contributed by atoms with Gasteiger partial charge in [-0.05, 0) is 85.9 Å². The minimum Gasteiger partial charge on any atom is -0.412 e. The van der Waals surface area contributed by atoms with Crippen molar-refractivity contribution in [2.45, 2.75) is 78.1 Å². The van der Waals surface area contributed by atoms with Gasteiger partial charge in [0.2, 0.25) is 0 Å². The van der Waals surface area contributed by atoms with Gasteiger partial charge in [-0.1, -0.05) is 26.7 Å². The zero-order valence-corrected chi connectivity index (χ0v) is 14.5. The summed E-state index contributed by atoms with van der Waals surface area (Å²) in [5, 5.41) is 0. The average Bonchev–Trinajstić information content (AvgIpc) is 2.83. The standard InChI is InChI=1S/C21H32.H2O/c1-4-15-9-11-18-17-10-8-16-7-5-6-13-20(16,2)19(17)12-14-21(15,18)3;/h1,15-19H,5-14H2,2-3H3;1H2/t15-,16?,17+,18+,19+,20+,21-;/m1./s1. The average molecular weight is 303 g/mol. The first-order valence-electron chi connectivity index (χ1n) is 9.56. The van der Waals surface area contributed by atoms with Gasteiger partial charge >= 0.3 is 0 Å². The van der Waals surface area contributed by atoms with E-state index in [1.54, 1.807) is 0 Å². The maximum absolute atomic E-state index is 5.88. The fraction of sp³-hybridized carbons (Fsp3) is 0.905. The van der Waals surface area contributed by atoms with Crippen molar-refractivity contribution < 1.29 is 5.48 Å². The molecule has 0 radical (unpaired) electrons. The van der Waals surface area contributed by atoms with Gasteiger partial charge in [-0.2, -0.15) is 0 Å². The van der Waals surface area contributed by atoms with Gasteiger partial charge in [0.1, 0.15) is 0 Å². The van der Waals surface area contributed by atoms with E-state index in [1.165, 1.54) is 64.2 Å². The molecule has 0 spiro atoms.